The molecule has 2 aromatic rings. The summed E-state index contributed by atoms with van der Waals surface area (Å²) in [7, 11) is 3.35. The zero-order valence-electron chi connectivity index (χ0n) is 14.0. The van der Waals surface area contributed by atoms with Crippen LogP contribution in [0.5, 0.6) is 5.75 Å². The van der Waals surface area contributed by atoms with E-state index in [1.807, 2.05) is 12.1 Å². The Bertz CT molecular complexity index is 766. The first-order chi connectivity index (χ1) is 12.0. The van der Waals surface area contributed by atoms with Crippen LogP contribution in [0.1, 0.15) is 17.2 Å². The Labute approximate surface area is 156 Å². The monoisotopic (exact) mass is 379 g/mol. The largest absolute Gasteiger partial charge is 0.496 e. The van der Waals surface area contributed by atoms with Gasteiger partial charge in [-0.15, -0.1) is 0 Å². The molecular formula is C18H19Cl2N3O2. The molecule has 2 heterocycles. The molecule has 7 heteroatoms. The molecule has 1 atom stereocenters. The zero-order chi connectivity index (χ0) is 18.0. The minimum atomic E-state index is -0.419. The van der Waals surface area contributed by atoms with Crippen LogP contribution in [0.3, 0.4) is 0 Å². The van der Waals surface area contributed by atoms with E-state index < -0.39 is 6.04 Å². The molecule has 1 aromatic carbocycles. The molecule has 1 amide bonds. The summed E-state index contributed by atoms with van der Waals surface area (Å²) in [5.74, 6) is 0.611. The molecule has 1 N–H and O–H groups in total. The van der Waals surface area contributed by atoms with Gasteiger partial charge in [0.15, 0.2) is 0 Å². The first-order valence-corrected chi connectivity index (χ1v) is 8.69. The molecule has 1 unspecified atom stereocenters. The topological polar surface area (TPSA) is 54.5 Å². The lowest BCUT2D eigenvalue weighted by Gasteiger charge is -2.36. The number of halogens is 2. The molecular weight excluding hydrogens is 361 g/mol. The van der Waals surface area contributed by atoms with Gasteiger partial charge in [-0.05, 0) is 29.8 Å². The molecule has 0 aliphatic carbocycles. The molecule has 0 spiro atoms. The van der Waals surface area contributed by atoms with E-state index in [-0.39, 0.29) is 11.8 Å². The number of benzene rings is 1. The first-order valence-electron chi connectivity index (χ1n) is 7.93. The highest BCUT2D eigenvalue weighted by Crippen LogP contribution is 2.42. The summed E-state index contributed by atoms with van der Waals surface area (Å²) in [5, 5.41) is 3.93. The van der Waals surface area contributed by atoms with Crippen LogP contribution in [0, 0.1) is 5.92 Å². The van der Waals surface area contributed by atoms with E-state index in [1.165, 1.54) is 0 Å². The van der Waals surface area contributed by atoms with Crippen LogP contribution in [0.2, 0.25) is 10.0 Å². The normalized spacial score (nSPS) is 15.4. The van der Waals surface area contributed by atoms with Crippen LogP contribution >= 0.6 is 23.2 Å². The van der Waals surface area contributed by atoms with Crippen molar-refractivity contribution < 1.29 is 9.53 Å². The molecule has 25 heavy (non-hydrogen) atoms. The van der Waals surface area contributed by atoms with E-state index in [2.05, 4.69) is 10.3 Å². The van der Waals surface area contributed by atoms with Gasteiger partial charge in [-0.25, -0.2) is 0 Å². The van der Waals surface area contributed by atoms with Gasteiger partial charge in [0.25, 0.3) is 0 Å². The van der Waals surface area contributed by atoms with Crippen molar-refractivity contribution in [1.29, 1.82) is 0 Å². The van der Waals surface area contributed by atoms with Crippen molar-refractivity contribution in [3.63, 3.8) is 0 Å². The second kappa shape index (κ2) is 7.60. The van der Waals surface area contributed by atoms with Crippen molar-refractivity contribution in [1.82, 2.24) is 15.2 Å². The summed E-state index contributed by atoms with van der Waals surface area (Å²) < 4.78 is 5.51. The lowest BCUT2D eigenvalue weighted by atomic mass is 9.94. The quantitative estimate of drug-likeness (QED) is 0.866. The van der Waals surface area contributed by atoms with E-state index in [1.54, 1.807) is 43.6 Å². The van der Waals surface area contributed by atoms with E-state index >= 15 is 0 Å². The predicted molar refractivity (Wildman–Crippen MR) is 98.2 cm³/mol. The lowest BCUT2D eigenvalue weighted by Crippen LogP contribution is -2.51. The maximum atomic E-state index is 12.9. The van der Waals surface area contributed by atoms with Gasteiger partial charge in [0.1, 0.15) is 5.75 Å². The smallest absolute Gasteiger partial charge is 0.228 e. The van der Waals surface area contributed by atoms with Crippen LogP contribution in [-0.4, -0.2) is 43.0 Å². The molecule has 1 aliphatic rings. The number of aromatic nitrogens is 1. The van der Waals surface area contributed by atoms with Crippen LogP contribution < -0.4 is 10.1 Å². The van der Waals surface area contributed by atoms with Crippen molar-refractivity contribution in [2.75, 3.05) is 27.2 Å². The number of methoxy groups -OCH3 is 1. The van der Waals surface area contributed by atoms with E-state index in [4.69, 9.17) is 27.9 Å². The van der Waals surface area contributed by atoms with Crippen LogP contribution in [0.25, 0.3) is 0 Å². The highest BCUT2D eigenvalue weighted by atomic mass is 35.5. The number of ether oxygens (including phenoxy) is 1. The summed E-state index contributed by atoms with van der Waals surface area (Å²) in [4.78, 5) is 18.6. The van der Waals surface area contributed by atoms with Crippen LogP contribution in [0.15, 0.2) is 36.7 Å². The van der Waals surface area contributed by atoms with E-state index in [0.29, 0.717) is 34.4 Å². The fourth-order valence-electron chi connectivity index (χ4n) is 2.99. The van der Waals surface area contributed by atoms with Crippen molar-refractivity contribution in [2.45, 2.75) is 6.04 Å². The van der Waals surface area contributed by atoms with Gasteiger partial charge in [0, 0.05) is 38.1 Å². The van der Waals surface area contributed by atoms with Crippen molar-refractivity contribution >= 4 is 29.1 Å². The van der Waals surface area contributed by atoms with Gasteiger partial charge in [0.2, 0.25) is 5.91 Å². The Morgan fingerprint density at radius 2 is 1.96 bits per heavy atom. The highest BCUT2D eigenvalue weighted by molar-refractivity contribution is 6.42. The number of nitrogens with one attached hydrogen (secondary N) is 1. The van der Waals surface area contributed by atoms with E-state index in [0.717, 1.165) is 5.56 Å². The second-order valence-corrected chi connectivity index (χ2v) is 6.75. The third-order valence-electron chi connectivity index (χ3n) is 4.47. The molecule has 1 fully saturated rings. The first kappa shape index (κ1) is 18.0. The minimum Gasteiger partial charge on any atom is -0.496 e. The maximum Gasteiger partial charge on any atom is 0.228 e. The Morgan fingerprint density at radius 3 is 2.52 bits per heavy atom. The summed E-state index contributed by atoms with van der Waals surface area (Å²) in [5.41, 5.74) is 1.56. The van der Waals surface area contributed by atoms with Crippen LogP contribution in [-0.2, 0) is 4.79 Å². The number of carbonyl (C=O) groups excluding carboxylic acids is 1. The second-order valence-electron chi connectivity index (χ2n) is 5.96. The number of pyridine rings is 1. The Hall–Kier alpha value is -1.82. The van der Waals surface area contributed by atoms with Gasteiger partial charge in [-0.3, -0.25) is 9.78 Å². The zero-order valence-corrected chi connectivity index (χ0v) is 15.5. The molecule has 132 valence electrons. The van der Waals surface area contributed by atoms with Gasteiger partial charge in [-0.1, -0.05) is 23.2 Å². The van der Waals surface area contributed by atoms with Crippen molar-refractivity contribution in [3.05, 3.63) is 57.8 Å². The van der Waals surface area contributed by atoms with Crippen molar-refractivity contribution in [3.8, 4) is 5.75 Å². The molecule has 0 radical (unpaired) electrons. The average molecular weight is 380 g/mol. The fraction of sp³-hybridized carbons (Fsp3) is 0.333. The van der Waals surface area contributed by atoms with Crippen molar-refractivity contribution in [2.24, 2.45) is 5.92 Å². The lowest BCUT2D eigenvalue weighted by molar-refractivity contribution is -0.137. The van der Waals surface area contributed by atoms with Crippen LogP contribution in [0.4, 0.5) is 0 Å². The molecule has 0 bridgehead atoms. The van der Waals surface area contributed by atoms with Gasteiger partial charge in [-0.2, -0.15) is 0 Å². The summed E-state index contributed by atoms with van der Waals surface area (Å²) >= 11 is 12.8. The number of nitrogens with zero attached hydrogens (tertiary/aromatic N) is 2. The summed E-state index contributed by atoms with van der Waals surface area (Å²) in [6.07, 6.45) is 3.38. The molecule has 0 saturated carbocycles. The summed E-state index contributed by atoms with van der Waals surface area (Å²) in [6, 6.07) is 6.76. The molecule has 3 rings (SSSR count). The number of rotatable bonds is 5. The maximum absolute atomic E-state index is 12.9. The van der Waals surface area contributed by atoms with Gasteiger partial charge in [0.05, 0.1) is 29.1 Å². The molecule has 1 aliphatic heterocycles. The standard InChI is InChI=1S/C18H19Cl2N3O2/c1-23(18(24)12-9-22-10-12)17(11-5-7-21-8-6-11)15-14(25-2)4-3-13(19)16(15)20/h3-8,12,17,22H,9-10H2,1-2H3. The number of amides is 1. The number of hydrogen-bond donors (Lipinski definition) is 1. The van der Waals surface area contributed by atoms with E-state index in [9.17, 15) is 4.79 Å². The van der Waals surface area contributed by atoms with Gasteiger partial charge < -0.3 is 15.0 Å². The molecule has 1 saturated heterocycles. The SMILES string of the molecule is COc1ccc(Cl)c(Cl)c1C(c1ccncc1)N(C)C(=O)C1CNC1. The molecule has 1 aromatic heterocycles. The van der Waals surface area contributed by atoms with Gasteiger partial charge >= 0.3 is 0 Å². The Morgan fingerprint density at radius 1 is 1.28 bits per heavy atom. The highest BCUT2D eigenvalue weighted by Gasteiger charge is 2.34. The Kier molecular flexibility index (Phi) is 5.47. The number of hydrogen-bond acceptors (Lipinski definition) is 4. The average Bonchev–Trinajstić information content (AvgIpc) is 2.58. The molecule has 5 nitrogen and oxygen atoms in total. The summed E-state index contributed by atoms with van der Waals surface area (Å²) in [6.45, 7) is 1.37. The fourth-order valence-corrected chi connectivity index (χ4v) is 3.41. The third-order valence-corrected chi connectivity index (χ3v) is 5.29. The Balaban J connectivity index is 2.12. The minimum absolute atomic E-state index is 0.0294. The predicted octanol–water partition coefficient (Wildman–Crippen LogP) is 3.16. The third kappa shape index (κ3) is 3.45. The number of carbonyl (C=O) groups is 1.